The second-order valence-electron chi connectivity index (χ2n) is 4.63. The number of rotatable bonds is 4. The van der Waals surface area contributed by atoms with E-state index in [0.29, 0.717) is 11.4 Å². The Labute approximate surface area is 117 Å². The molecule has 0 amide bonds. The minimum atomic E-state index is -0.807. The number of carboxylic acids is 1. The molecule has 19 heavy (non-hydrogen) atoms. The van der Waals surface area contributed by atoms with Gasteiger partial charge in [-0.2, -0.15) is 0 Å². The highest BCUT2D eigenvalue weighted by molar-refractivity contribution is 6.30. The van der Waals surface area contributed by atoms with Crippen LogP contribution >= 0.6 is 11.6 Å². The standard InChI is InChI=1S/C16H15ClO2/c1-11-2-6-13(7-3-11)15(16(18)19)10-12-4-8-14(17)9-5-12/h2-9,15H,10H2,1H3,(H,18,19). The lowest BCUT2D eigenvalue weighted by Crippen LogP contribution is -2.14. The quantitative estimate of drug-likeness (QED) is 0.913. The number of benzene rings is 2. The normalized spacial score (nSPS) is 12.1. The average Bonchev–Trinajstić information content (AvgIpc) is 2.39. The molecule has 1 N–H and O–H groups in total. The van der Waals surface area contributed by atoms with E-state index >= 15 is 0 Å². The van der Waals surface area contributed by atoms with Gasteiger partial charge in [-0.05, 0) is 36.6 Å². The number of halogens is 1. The molecule has 0 radical (unpaired) electrons. The summed E-state index contributed by atoms with van der Waals surface area (Å²) in [4.78, 5) is 11.4. The fourth-order valence-electron chi connectivity index (χ4n) is 2.00. The molecule has 3 heteroatoms. The molecule has 2 aromatic carbocycles. The molecule has 0 heterocycles. The molecular weight excluding hydrogens is 260 g/mol. The van der Waals surface area contributed by atoms with Crippen molar-refractivity contribution in [3.8, 4) is 0 Å². The van der Waals surface area contributed by atoms with Crippen molar-refractivity contribution in [2.75, 3.05) is 0 Å². The van der Waals surface area contributed by atoms with Crippen LogP contribution in [0.3, 0.4) is 0 Å². The molecule has 0 fully saturated rings. The van der Waals surface area contributed by atoms with E-state index in [4.69, 9.17) is 11.6 Å². The Morgan fingerprint density at radius 1 is 1.11 bits per heavy atom. The van der Waals surface area contributed by atoms with Crippen molar-refractivity contribution in [3.05, 3.63) is 70.2 Å². The van der Waals surface area contributed by atoms with Crippen LogP contribution in [0.4, 0.5) is 0 Å². The van der Waals surface area contributed by atoms with Crippen LogP contribution in [0, 0.1) is 6.92 Å². The molecule has 2 nitrogen and oxygen atoms in total. The van der Waals surface area contributed by atoms with E-state index in [1.54, 1.807) is 12.1 Å². The van der Waals surface area contributed by atoms with E-state index in [1.807, 2.05) is 43.3 Å². The molecule has 0 aromatic heterocycles. The molecule has 2 aromatic rings. The Morgan fingerprint density at radius 3 is 2.21 bits per heavy atom. The number of hydrogen-bond donors (Lipinski definition) is 1. The van der Waals surface area contributed by atoms with Gasteiger partial charge in [0.2, 0.25) is 0 Å². The molecule has 1 atom stereocenters. The zero-order valence-corrected chi connectivity index (χ0v) is 11.4. The van der Waals surface area contributed by atoms with Crippen LogP contribution in [0.25, 0.3) is 0 Å². The van der Waals surface area contributed by atoms with Crippen molar-refractivity contribution in [1.82, 2.24) is 0 Å². The molecule has 0 aliphatic carbocycles. The zero-order valence-electron chi connectivity index (χ0n) is 10.6. The lowest BCUT2D eigenvalue weighted by Gasteiger charge is -2.13. The van der Waals surface area contributed by atoms with Gasteiger partial charge in [0.05, 0.1) is 5.92 Å². The first-order valence-corrected chi connectivity index (χ1v) is 6.48. The molecule has 1 unspecified atom stereocenters. The van der Waals surface area contributed by atoms with Gasteiger partial charge in [-0.3, -0.25) is 4.79 Å². The zero-order chi connectivity index (χ0) is 13.8. The Bertz CT molecular complexity index is 558. The van der Waals surface area contributed by atoms with Crippen molar-refractivity contribution >= 4 is 17.6 Å². The summed E-state index contributed by atoms with van der Waals surface area (Å²) in [5, 5.41) is 10.0. The second-order valence-corrected chi connectivity index (χ2v) is 5.07. The van der Waals surface area contributed by atoms with Crippen LogP contribution in [0.1, 0.15) is 22.6 Å². The maximum absolute atomic E-state index is 11.4. The molecule has 0 bridgehead atoms. The van der Waals surface area contributed by atoms with Gasteiger partial charge < -0.3 is 5.11 Å². The summed E-state index contributed by atoms with van der Waals surface area (Å²) < 4.78 is 0. The molecule has 0 aliphatic rings. The van der Waals surface area contributed by atoms with Gasteiger partial charge in [0.25, 0.3) is 0 Å². The first-order valence-electron chi connectivity index (χ1n) is 6.10. The molecular formula is C16H15ClO2. The number of aliphatic carboxylic acids is 1. The fraction of sp³-hybridized carbons (Fsp3) is 0.188. The van der Waals surface area contributed by atoms with Crippen molar-refractivity contribution in [2.45, 2.75) is 19.3 Å². The monoisotopic (exact) mass is 274 g/mol. The van der Waals surface area contributed by atoms with Gasteiger partial charge in [-0.1, -0.05) is 53.6 Å². The highest BCUT2D eigenvalue weighted by atomic mass is 35.5. The second kappa shape index (κ2) is 5.89. The minimum Gasteiger partial charge on any atom is -0.481 e. The lowest BCUT2D eigenvalue weighted by atomic mass is 9.91. The predicted molar refractivity (Wildman–Crippen MR) is 76.7 cm³/mol. The maximum Gasteiger partial charge on any atom is 0.311 e. The third-order valence-electron chi connectivity index (χ3n) is 3.13. The summed E-state index contributed by atoms with van der Waals surface area (Å²) in [6, 6.07) is 14.9. The Hall–Kier alpha value is -1.80. The molecule has 2 rings (SSSR count). The van der Waals surface area contributed by atoms with E-state index in [9.17, 15) is 9.90 Å². The molecule has 98 valence electrons. The van der Waals surface area contributed by atoms with E-state index in [2.05, 4.69) is 0 Å². The number of hydrogen-bond acceptors (Lipinski definition) is 1. The summed E-state index contributed by atoms with van der Waals surface area (Å²) in [5.74, 6) is -1.33. The van der Waals surface area contributed by atoms with Gasteiger partial charge in [-0.25, -0.2) is 0 Å². The summed E-state index contributed by atoms with van der Waals surface area (Å²) in [5.41, 5.74) is 2.92. The van der Waals surface area contributed by atoms with E-state index in [1.165, 1.54) is 0 Å². The van der Waals surface area contributed by atoms with Gasteiger partial charge in [0.1, 0.15) is 0 Å². The fourth-order valence-corrected chi connectivity index (χ4v) is 2.13. The van der Waals surface area contributed by atoms with Crippen molar-refractivity contribution in [1.29, 1.82) is 0 Å². The van der Waals surface area contributed by atoms with E-state index < -0.39 is 11.9 Å². The highest BCUT2D eigenvalue weighted by Crippen LogP contribution is 2.22. The Kier molecular flexibility index (Phi) is 4.23. The van der Waals surface area contributed by atoms with Crippen LogP contribution in [-0.2, 0) is 11.2 Å². The summed E-state index contributed by atoms with van der Waals surface area (Å²) in [6.45, 7) is 1.98. The topological polar surface area (TPSA) is 37.3 Å². The van der Waals surface area contributed by atoms with Crippen LogP contribution in [0.5, 0.6) is 0 Å². The number of aryl methyl sites for hydroxylation is 1. The van der Waals surface area contributed by atoms with Gasteiger partial charge in [-0.15, -0.1) is 0 Å². The summed E-state index contributed by atoms with van der Waals surface area (Å²) in [6.07, 6.45) is 0.468. The smallest absolute Gasteiger partial charge is 0.311 e. The molecule has 0 saturated heterocycles. The largest absolute Gasteiger partial charge is 0.481 e. The van der Waals surface area contributed by atoms with E-state index in [-0.39, 0.29) is 0 Å². The Morgan fingerprint density at radius 2 is 1.68 bits per heavy atom. The van der Waals surface area contributed by atoms with Crippen LogP contribution in [0.15, 0.2) is 48.5 Å². The number of carboxylic acid groups (broad SMARTS) is 1. The van der Waals surface area contributed by atoms with Gasteiger partial charge in [0, 0.05) is 5.02 Å². The minimum absolute atomic E-state index is 0.468. The van der Waals surface area contributed by atoms with Crippen LogP contribution in [-0.4, -0.2) is 11.1 Å². The summed E-state index contributed by atoms with van der Waals surface area (Å²) in [7, 11) is 0. The maximum atomic E-state index is 11.4. The van der Waals surface area contributed by atoms with Gasteiger partial charge in [0.15, 0.2) is 0 Å². The molecule has 0 spiro atoms. The molecule has 0 saturated carbocycles. The highest BCUT2D eigenvalue weighted by Gasteiger charge is 2.20. The van der Waals surface area contributed by atoms with E-state index in [0.717, 1.165) is 16.7 Å². The average molecular weight is 275 g/mol. The van der Waals surface area contributed by atoms with Crippen molar-refractivity contribution in [3.63, 3.8) is 0 Å². The molecule has 0 aliphatic heterocycles. The lowest BCUT2D eigenvalue weighted by molar-refractivity contribution is -0.138. The third kappa shape index (κ3) is 3.58. The first-order chi connectivity index (χ1) is 9.06. The van der Waals surface area contributed by atoms with Crippen molar-refractivity contribution < 1.29 is 9.90 Å². The van der Waals surface area contributed by atoms with Crippen molar-refractivity contribution in [2.24, 2.45) is 0 Å². The summed E-state index contributed by atoms with van der Waals surface area (Å²) >= 11 is 5.83. The predicted octanol–water partition coefficient (Wildman–Crippen LogP) is 4.06. The Balaban J connectivity index is 2.23. The first kappa shape index (κ1) is 13.6. The van der Waals surface area contributed by atoms with Gasteiger partial charge >= 0.3 is 5.97 Å². The SMILES string of the molecule is Cc1ccc(C(Cc2ccc(Cl)cc2)C(=O)O)cc1. The third-order valence-corrected chi connectivity index (χ3v) is 3.38. The number of carbonyl (C=O) groups is 1. The van der Waals surface area contributed by atoms with Crippen LogP contribution < -0.4 is 0 Å². The van der Waals surface area contributed by atoms with Crippen LogP contribution in [0.2, 0.25) is 5.02 Å².